The molecular weight excluding hydrogens is 217 g/mol. The van der Waals surface area contributed by atoms with Crippen molar-refractivity contribution in [1.82, 2.24) is 0 Å². The average molecular weight is 235 g/mol. The van der Waals surface area contributed by atoms with Crippen LogP contribution in [0.4, 0.5) is 0 Å². The molecule has 0 N–H and O–H groups in total. The third-order valence-electron chi connectivity index (χ3n) is 2.25. The third kappa shape index (κ3) is 2.58. The average Bonchev–Trinajstić information content (AvgIpc) is 1.25. The molecule has 0 aliphatic heterocycles. The van der Waals surface area contributed by atoms with E-state index in [2.05, 4.69) is 34.5 Å². The van der Waals surface area contributed by atoms with Gasteiger partial charge in [-0.05, 0) is 0 Å². The van der Waals surface area contributed by atoms with E-state index in [0.29, 0.717) is 0 Å². The summed E-state index contributed by atoms with van der Waals surface area (Å²) in [5, 5.41) is 0. The molecule has 0 saturated heterocycles. The zero-order valence-corrected chi connectivity index (χ0v) is 11.2. The fourth-order valence-electron chi connectivity index (χ4n) is 0. The molecule has 0 bridgehead atoms. The zero-order valence-electron chi connectivity index (χ0n) is 7.00. The van der Waals surface area contributed by atoms with Crippen molar-refractivity contribution in [3.05, 3.63) is 0 Å². The first-order chi connectivity index (χ1) is 3.25. The van der Waals surface area contributed by atoms with Gasteiger partial charge in [0.1, 0.15) is 0 Å². The van der Waals surface area contributed by atoms with Gasteiger partial charge in [-0.15, -0.1) is 0 Å². The van der Waals surface area contributed by atoms with Crippen molar-refractivity contribution >= 4 is 22.6 Å². The first kappa shape index (κ1) is 9.09. The second-order valence-corrected chi connectivity index (χ2v) is 56.1. The standard InChI is InChI=1S/C6H18Ge2/c1-7(2,3)8(4,5)6/h1-6H3. The van der Waals surface area contributed by atoms with E-state index in [1.807, 2.05) is 0 Å². The van der Waals surface area contributed by atoms with Crippen LogP contribution in [0.3, 0.4) is 0 Å². The second kappa shape index (κ2) is 2.37. The Hall–Kier alpha value is 1.09. The molecule has 0 atom stereocenters. The summed E-state index contributed by atoms with van der Waals surface area (Å²) in [5.74, 6) is 15.2. The van der Waals surface area contributed by atoms with Gasteiger partial charge in [0.25, 0.3) is 0 Å². The van der Waals surface area contributed by atoms with Gasteiger partial charge in [-0.25, -0.2) is 0 Å². The Morgan fingerprint density at radius 2 is 0.625 bits per heavy atom. The normalized spacial score (nSPS) is 14.2. The molecule has 0 saturated carbocycles. The molecule has 0 rings (SSSR count). The molecule has 0 fully saturated rings. The number of rotatable bonds is 1. The van der Waals surface area contributed by atoms with Crippen LogP contribution in [0, 0.1) is 0 Å². The van der Waals surface area contributed by atoms with Crippen molar-refractivity contribution in [2.24, 2.45) is 0 Å². The zero-order chi connectivity index (χ0) is 7.00. The topological polar surface area (TPSA) is 0 Å². The van der Waals surface area contributed by atoms with E-state index in [-0.39, 0.29) is 0 Å². The quantitative estimate of drug-likeness (QED) is 0.613. The van der Waals surface area contributed by atoms with Crippen LogP contribution < -0.4 is 0 Å². The Morgan fingerprint density at radius 1 is 0.500 bits per heavy atom. The molecule has 8 heavy (non-hydrogen) atoms. The van der Waals surface area contributed by atoms with E-state index in [1.165, 1.54) is 0 Å². The molecule has 0 aliphatic carbocycles. The van der Waals surface area contributed by atoms with E-state index >= 15 is 0 Å². The molecular formula is C6H18Ge2. The molecule has 0 radical (unpaired) electrons. The Kier molecular flexibility index (Phi) is 2.69. The van der Waals surface area contributed by atoms with Crippen LogP contribution in [0.15, 0.2) is 0 Å². The van der Waals surface area contributed by atoms with E-state index in [9.17, 15) is 0 Å². The van der Waals surface area contributed by atoms with Crippen molar-refractivity contribution in [3.63, 3.8) is 0 Å². The summed E-state index contributed by atoms with van der Waals surface area (Å²) in [6.07, 6.45) is 0. The van der Waals surface area contributed by atoms with E-state index in [4.69, 9.17) is 0 Å². The molecule has 0 heterocycles. The van der Waals surface area contributed by atoms with Gasteiger partial charge in [0, 0.05) is 0 Å². The van der Waals surface area contributed by atoms with Crippen LogP contribution in [0.2, 0.25) is 34.5 Å². The summed E-state index contributed by atoms with van der Waals surface area (Å²) in [6.45, 7) is 0. The maximum atomic E-state index is 2.54. The minimum absolute atomic E-state index is 1.12. The number of hydrogen-bond donors (Lipinski definition) is 0. The van der Waals surface area contributed by atoms with Gasteiger partial charge in [-0.2, -0.15) is 0 Å². The van der Waals surface area contributed by atoms with E-state index < -0.39 is 22.6 Å². The molecule has 0 aromatic rings. The predicted octanol–water partition coefficient (Wildman–Crippen LogP) is 2.74. The Morgan fingerprint density at radius 3 is 0.625 bits per heavy atom. The minimum atomic E-state index is -1.13. The molecule has 0 aromatic heterocycles. The van der Waals surface area contributed by atoms with Gasteiger partial charge in [0.15, 0.2) is 0 Å². The Balaban J connectivity index is 4.02. The van der Waals surface area contributed by atoms with Crippen LogP contribution >= 0.6 is 0 Å². The van der Waals surface area contributed by atoms with Crippen LogP contribution in [0.1, 0.15) is 0 Å². The van der Waals surface area contributed by atoms with Crippen LogP contribution in [0.25, 0.3) is 0 Å². The van der Waals surface area contributed by atoms with Crippen LogP contribution in [-0.4, -0.2) is 22.6 Å². The van der Waals surface area contributed by atoms with E-state index in [1.54, 1.807) is 0 Å². The van der Waals surface area contributed by atoms with Gasteiger partial charge in [-0.1, -0.05) is 0 Å². The van der Waals surface area contributed by atoms with Crippen molar-refractivity contribution < 1.29 is 0 Å². The van der Waals surface area contributed by atoms with Crippen molar-refractivity contribution in [1.29, 1.82) is 0 Å². The van der Waals surface area contributed by atoms with Gasteiger partial charge in [0.2, 0.25) is 0 Å². The molecule has 0 amide bonds. The van der Waals surface area contributed by atoms with Crippen molar-refractivity contribution in [2.75, 3.05) is 0 Å². The van der Waals surface area contributed by atoms with E-state index in [0.717, 1.165) is 0 Å². The van der Waals surface area contributed by atoms with Gasteiger partial charge >= 0.3 is 57.1 Å². The molecule has 2 heteroatoms. The summed E-state index contributed by atoms with van der Waals surface area (Å²) in [4.78, 5) is 0. The fourth-order valence-corrected chi connectivity index (χ4v) is 0. The van der Waals surface area contributed by atoms with Crippen molar-refractivity contribution in [3.8, 4) is 0 Å². The third-order valence-corrected chi connectivity index (χ3v) is 60.8. The Labute approximate surface area is 57.2 Å². The summed E-state index contributed by atoms with van der Waals surface area (Å²) in [7, 11) is 0. The molecule has 0 unspecified atom stereocenters. The van der Waals surface area contributed by atoms with Gasteiger partial charge < -0.3 is 0 Å². The van der Waals surface area contributed by atoms with Gasteiger partial charge in [-0.3, -0.25) is 0 Å². The predicted molar refractivity (Wildman–Crippen MR) is 46.7 cm³/mol. The van der Waals surface area contributed by atoms with Gasteiger partial charge in [0.05, 0.1) is 0 Å². The molecule has 50 valence electrons. The van der Waals surface area contributed by atoms with Crippen LogP contribution in [0.5, 0.6) is 0 Å². The fraction of sp³-hybridized carbons (Fsp3) is 1.00. The SMILES string of the molecule is [CH3][Ge]([CH3])([CH3])[Ge]([CH3])([CH3])[CH3]. The van der Waals surface area contributed by atoms with Crippen LogP contribution in [-0.2, 0) is 0 Å². The molecule has 0 nitrogen and oxygen atoms in total. The first-order valence-electron chi connectivity index (χ1n) is 3.25. The summed E-state index contributed by atoms with van der Waals surface area (Å²) < 4.78 is 0. The Bertz CT molecular complexity index is 61.5. The summed E-state index contributed by atoms with van der Waals surface area (Å²) >= 11 is -2.25. The molecule has 0 aromatic carbocycles. The number of hydrogen-bond acceptors (Lipinski definition) is 0. The molecule has 0 aliphatic rings. The maximum absolute atomic E-state index is 2.54. The summed E-state index contributed by atoms with van der Waals surface area (Å²) in [6, 6.07) is 0. The molecule has 0 spiro atoms. The monoisotopic (exact) mass is 238 g/mol. The summed E-state index contributed by atoms with van der Waals surface area (Å²) in [5.41, 5.74) is 0. The first-order valence-corrected chi connectivity index (χ1v) is 22.3. The van der Waals surface area contributed by atoms with Crippen molar-refractivity contribution in [2.45, 2.75) is 34.5 Å². The second-order valence-electron chi connectivity index (χ2n) is 4.50.